The van der Waals surface area contributed by atoms with Crippen molar-refractivity contribution < 1.29 is 22.7 Å². The van der Waals surface area contributed by atoms with Gasteiger partial charge in [-0.2, -0.15) is 0 Å². The summed E-state index contributed by atoms with van der Waals surface area (Å²) in [5.74, 6) is 0.960. The fraction of sp³-hybridized carbons (Fsp3) is 0.208. The zero-order valence-corrected chi connectivity index (χ0v) is 18.9. The SMILES string of the molecule is Cc1ccc(C)c(N(Cc2ccc(C(=O)Nc3ccc4c(c3)OCO4)cc2)S(C)(=O)=O)c1. The Bertz CT molecular complexity index is 1270. The Balaban J connectivity index is 1.51. The van der Waals surface area contributed by atoms with Crippen molar-refractivity contribution in [2.75, 3.05) is 22.7 Å². The monoisotopic (exact) mass is 452 g/mol. The molecule has 1 N–H and O–H groups in total. The van der Waals surface area contributed by atoms with Crippen molar-refractivity contribution >= 4 is 27.3 Å². The fourth-order valence-corrected chi connectivity index (χ4v) is 4.41. The Morgan fingerprint density at radius 1 is 0.969 bits per heavy atom. The Morgan fingerprint density at radius 2 is 1.69 bits per heavy atom. The topological polar surface area (TPSA) is 84.9 Å². The van der Waals surface area contributed by atoms with Gasteiger partial charge in [0.05, 0.1) is 18.5 Å². The molecule has 0 saturated heterocycles. The highest BCUT2D eigenvalue weighted by Crippen LogP contribution is 2.34. The van der Waals surface area contributed by atoms with Gasteiger partial charge in [0.15, 0.2) is 11.5 Å². The van der Waals surface area contributed by atoms with Gasteiger partial charge in [-0.3, -0.25) is 9.10 Å². The number of benzene rings is 3. The number of nitrogens with one attached hydrogen (secondary N) is 1. The zero-order valence-electron chi connectivity index (χ0n) is 18.1. The average Bonchev–Trinajstić information content (AvgIpc) is 3.21. The highest BCUT2D eigenvalue weighted by molar-refractivity contribution is 7.92. The first kappa shape index (κ1) is 21.7. The molecular formula is C24H24N2O5S. The van der Waals surface area contributed by atoms with E-state index in [0.717, 1.165) is 16.7 Å². The number of ether oxygens (including phenoxy) is 2. The third-order valence-electron chi connectivity index (χ3n) is 5.21. The first-order chi connectivity index (χ1) is 15.2. The van der Waals surface area contributed by atoms with E-state index in [1.165, 1.54) is 10.6 Å². The maximum Gasteiger partial charge on any atom is 0.255 e. The molecule has 0 radical (unpaired) electrons. The van der Waals surface area contributed by atoms with Gasteiger partial charge in [-0.1, -0.05) is 24.3 Å². The van der Waals surface area contributed by atoms with Gasteiger partial charge in [-0.25, -0.2) is 8.42 Å². The maximum atomic E-state index is 12.6. The van der Waals surface area contributed by atoms with E-state index in [9.17, 15) is 13.2 Å². The van der Waals surface area contributed by atoms with Crippen LogP contribution in [0.1, 0.15) is 27.0 Å². The number of aryl methyl sites for hydroxylation is 2. The van der Waals surface area contributed by atoms with Crippen molar-refractivity contribution in [3.63, 3.8) is 0 Å². The van der Waals surface area contributed by atoms with Crippen molar-refractivity contribution in [3.8, 4) is 11.5 Å². The first-order valence-electron chi connectivity index (χ1n) is 10.1. The second-order valence-electron chi connectivity index (χ2n) is 7.78. The minimum absolute atomic E-state index is 0.167. The third kappa shape index (κ3) is 4.70. The highest BCUT2D eigenvalue weighted by atomic mass is 32.2. The van der Waals surface area contributed by atoms with Crippen LogP contribution in [0.2, 0.25) is 0 Å². The molecule has 0 bridgehead atoms. The Hall–Kier alpha value is -3.52. The van der Waals surface area contributed by atoms with Crippen LogP contribution in [0.25, 0.3) is 0 Å². The summed E-state index contributed by atoms with van der Waals surface area (Å²) >= 11 is 0. The molecule has 1 amide bonds. The Morgan fingerprint density at radius 3 is 2.41 bits per heavy atom. The van der Waals surface area contributed by atoms with Crippen molar-refractivity contribution in [3.05, 3.63) is 82.9 Å². The summed E-state index contributed by atoms with van der Waals surface area (Å²) < 4.78 is 37.0. The molecule has 3 aromatic carbocycles. The summed E-state index contributed by atoms with van der Waals surface area (Å²) in [7, 11) is -3.50. The lowest BCUT2D eigenvalue weighted by Gasteiger charge is -2.25. The number of nitrogens with zero attached hydrogens (tertiary/aromatic N) is 1. The van der Waals surface area contributed by atoms with E-state index >= 15 is 0 Å². The van der Waals surface area contributed by atoms with Crippen LogP contribution >= 0.6 is 0 Å². The van der Waals surface area contributed by atoms with Gasteiger partial charge >= 0.3 is 0 Å². The zero-order chi connectivity index (χ0) is 22.9. The van der Waals surface area contributed by atoms with Crippen molar-refractivity contribution in [1.82, 2.24) is 0 Å². The van der Waals surface area contributed by atoms with E-state index in [0.29, 0.717) is 28.4 Å². The molecule has 0 fully saturated rings. The number of amides is 1. The molecule has 0 saturated carbocycles. The number of hydrogen-bond donors (Lipinski definition) is 1. The summed E-state index contributed by atoms with van der Waals surface area (Å²) in [5, 5.41) is 2.83. The summed E-state index contributed by atoms with van der Waals surface area (Å²) in [6.45, 7) is 4.15. The van der Waals surface area contributed by atoms with Crippen LogP contribution in [-0.2, 0) is 16.6 Å². The predicted molar refractivity (Wildman–Crippen MR) is 124 cm³/mol. The molecule has 1 aliphatic heterocycles. The molecule has 1 heterocycles. The molecule has 1 aliphatic rings. The molecule has 0 unspecified atom stereocenters. The quantitative estimate of drug-likeness (QED) is 0.604. The van der Waals surface area contributed by atoms with Gasteiger partial charge in [-0.15, -0.1) is 0 Å². The molecule has 0 spiro atoms. The van der Waals surface area contributed by atoms with Crippen LogP contribution in [0.15, 0.2) is 60.7 Å². The molecule has 32 heavy (non-hydrogen) atoms. The number of rotatable bonds is 6. The van der Waals surface area contributed by atoms with E-state index in [1.54, 1.807) is 42.5 Å². The molecule has 0 aromatic heterocycles. The van der Waals surface area contributed by atoms with Gasteiger partial charge in [0.2, 0.25) is 16.8 Å². The number of carbonyl (C=O) groups excluding carboxylic acids is 1. The predicted octanol–water partition coefficient (Wildman–Crippen LogP) is 4.25. The van der Waals surface area contributed by atoms with Crippen LogP contribution in [0.4, 0.5) is 11.4 Å². The second kappa shape index (κ2) is 8.55. The molecule has 3 aromatic rings. The lowest BCUT2D eigenvalue weighted by molar-refractivity contribution is 0.102. The standard InChI is InChI=1S/C24H24N2O5S/c1-16-4-5-17(2)21(12-16)26(32(3,28)29)14-18-6-8-19(9-7-18)24(27)25-20-10-11-22-23(13-20)31-15-30-22/h4-13H,14-15H2,1-3H3,(H,25,27). The molecule has 8 heteroatoms. The summed E-state index contributed by atoms with van der Waals surface area (Å²) in [6, 6.07) is 17.8. The van der Waals surface area contributed by atoms with E-state index < -0.39 is 10.0 Å². The van der Waals surface area contributed by atoms with E-state index in [-0.39, 0.29) is 19.2 Å². The summed E-state index contributed by atoms with van der Waals surface area (Å²) in [5.41, 5.74) is 4.34. The Labute approximate surface area is 187 Å². The minimum Gasteiger partial charge on any atom is -0.454 e. The summed E-state index contributed by atoms with van der Waals surface area (Å²) in [4.78, 5) is 12.6. The lowest BCUT2D eigenvalue weighted by atomic mass is 10.1. The van der Waals surface area contributed by atoms with Crippen LogP contribution < -0.4 is 19.1 Å². The number of fused-ring (bicyclic) bond motifs is 1. The van der Waals surface area contributed by atoms with Crippen LogP contribution in [-0.4, -0.2) is 27.4 Å². The number of anilines is 2. The highest BCUT2D eigenvalue weighted by Gasteiger charge is 2.20. The maximum absolute atomic E-state index is 12.6. The van der Waals surface area contributed by atoms with Gasteiger partial charge < -0.3 is 14.8 Å². The lowest BCUT2D eigenvalue weighted by Crippen LogP contribution is -2.30. The third-order valence-corrected chi connectivity index (χ3v) is 6.33. The molecule has 7 nitrogen and oxygen atoms in total. The molecule has 0 aliphatic carbocycles. The number of sulfonamides is 1. The van der Waals surface area contributed by atoms with Crippen LogP contribution in [0.3, 0.4) is 0 Å². The first-order valence-corrected chi connectivity index (χ1v) is 11.9. The Kier molecular flexibility index (Phi) is 5.80. The van der Waals surface area contributed by atoms with Crippen LogP contribution in [0.5, 0.6) is 11.5 Å². The second-order valence-corrected chi connectivity index (χ2v) is 9.69. The smallest absolute Gasteiger partial charge is 0.255 e. The van der Waals surface area contributed by atoms with E-state index in [1.807, 2.05) is 32.0 Å². The summed E-state index contributed by atoms with van der Waals surface area (Å²) in [6.07, 6.45) is 1.20. The van der Waals surface area contributed by atoms with Gasteiger partial charge in [-0.05, 0) is 60.9 Å². The molecule has 0 atom stereocenters. The largest absolute Gasteiger partial charge is 0.454 e. The van der Waals surface area contributed by atoms with Crippen LogP contribution in [0, 0.1) is 13.8 Å². The van der Waals surface area contributed by atoms with Gasteiger partial charge in [0, 0.05) is 17.3 Å². The van der Waals surface area contributed by atoms with E-state index in [2.05, 4.69) is 5.32 Å². The normalized spacial score (nSPS) is 12.5. The molecule has 166 valence electrons. The van der Waals surface area contributed by atoms with Crippen molar-refractivity contribution in [2.45, 2.75) is 20.4 Å². The molecular weight excluding hydrogens is 428 g/mol. The minimum atomic E-state index is -3.50. The number of hydrogen-bond acceptors (Lipinski definition) is 5. The van der Waals surface area contributed by atoms with Gasteiger partial charge in [0.25, 0.3) is 5.91 Å². The fourth-order valence-electron chi connectivity index (χ4n) is 3.47. The molecule has 4 rings (SSSR count). The average molecular weight is 453 g/mol. The van der Waals surface area contributed by atoms with E-state index in [4.69, 9.17) is 9.47 Å². The van der Waals surface area contributed by atoms with Crippen molar-refractivity contribution in [2.24, 2.45) is 0 Å². The van der Waals surface area contributed by atoms with Crippen molar-refractivity contribution in [1.29, 1.82) is 0 Å². The number of carbonyl (C=O) groups is 1. The van der Waals surface area contributed by atoms with Gasteiger partial charge in [0.1, 0.15) is 0 Å².